The molecule has 4 nitrogen and oxygen atoms in total. The molecule has 1 unspecified atom stereocenters. The highest BCUT2D eigenvalue weighted by molar-refractivity contribution is 5.43. The number of benzene rings is 1. The number of methoxy groups -OCH3 is 1. The fourth-order valence-electron chi connectivity index (χ4n) is 2.90. The van der Waals surface area contributed by atoms with E-state index in [0.29, 0.717) is 11.8 Å². The molecule has 118 valence electrons. The monoisotopic (exact) mass is 293 g/mol. The predicted octanol–water partition coefficient (Wildman–Crippen LogP) is 2.91. The van der Waals surface area contributed by atoms with E-state index in [9.17, 15) is 0 Å². The average molecular weight is 293 g/mol. The maximum atomic E-state index is 8.83. The molecule has 0 amide bonds. The molecule has 1 saturated carbocycles. The highest BCUT2D eigenvalue weighted by atomic mass is 16.5. The van der Waals surface area contributed by atoms with Crippen LogP contribution in [-0.2, 0) is 0 Å². The smallest absolute Gasteiger partial charge is 0.161 e. The Morgan fingerprint density at radius 1 is 1.29 bits per heavy atom. The van der Waals surface area contributed by atoms with Gasteiger partial charge in [0.15, 0.2) is 11.5 Å². The molecule has 1 fully saturated rings. The van der Waals surface area contributed by atoms with E-state index in [-0.39, 0.29) is 13.2 Å². The molecule has 0 spiro atoms. The lowest BCUT2D eigenvalue weighted by atomic mass is 10.0. The molecule has 4 heteroatoms. The molecule has 0 heterocycles. The van der Waals surface area contributed by atoms with Gasteiger partial charge in [-0.05, 0) is 49.9 Å². The van der Waals surface area contributed by atoms with Crippen LogP contribution in [0.15, 0.2) is 18.2 Å². The van der Waals surface area contributed by atoms with Gasteiger partial charge in [0.05, 0.1) is 13.7 Å². The molecule has 0 radical (unpaired) electrons. The third-order valence-corrected chi connectivity index (χ3v) is 4.22. The van der Waals surface area contributed by atoms with Crippen molar-refractivity contribution < 1.29 is 14.6 Å². The second-order valence-electron chi connectivity index (χ2n) is 5.76. The van der Waals surface area contributed by atoms with Crippen molar-refractivity contribution in [2.45, 2.75) is 38.6 Å². The molecule has 1 atom stereocenters. The molecule has 0 aliphatic heterocycles. The van der Waals surface area contributed by atoms with Gasteiger partial charge < -0.3 is 19.9 Å². The van der Waals surface area contributed by atoms with Gasteiger partial charge >= 0.3 is 0 Å². The first-order valence-corrected chi connectivity index (χ1v) is 7.89. The van der Waals surface area contributed by atoms with Crippen LogP contribution in [0.3, 0.4) is 0 Å². The highest BCUT2D eigenvalue weighted by Gasteiger charge is 2.16. The number of ether oxygens (including phenoxy) is 2. The van der Waals surface area contributed by atoms with Crippen molar-refractivity contribution in [2.75, 3.05) is 26.9 Å². The Labute approximate surface area is 127 Å². The van der Waals surface area contributed by atoms with Gasteiger partial charge in [0.25, 0.3) is 0 Å². The van der Waals surface area contributed by atoms with Crippen molar-refractivity contribution in [3.63, 3.8) is 0 Å². The summed E-state index contributed by atoms with van der Waals surface area (Å²) in [5, 5.41) is 12.5. The number of hydrogen-bond acceptors (Lipinski definition) is 4. The molecule has 1 aliphatic rings. The molecule has 2 rings (SSSR count). The Balaban J connectivity index is 1.94. The first-order valence-electron chi connectivity index (χ1n) is 7.89. The van der Waals surface area contributed by atoms with Gasteiger partial charge in [-0.15, -0.1) is 0 Å². The Kier molecular flexibility index (Phi) is 6.33. The van der Waals surface area contributed by atoms with Gasteiger partial charge in [-0.1, -0.05) is 18.9 Å². The van der Waals surface area contributed by atoms with Crippen LogP contribution in [0.1, 0.15) is 44.2 Å². The standard InChI is InChI=1S/C17H27NO3/c1-13(18-12-14-5-3-4-6-14)15-7-8-16(21-10-9-19)17(11-15)20-2/h7-8,11,13-14,18-19H,3-6,9-10,12H2,1-2H3. The second-order valence-corrected chi connectivity index (χ2v) is 5.76. The van der Waals surface area contributed by atoms with Gasteiger partial charge in [-0.25, -0.2) is 0 Å². The summed E-state index contributed by atoms with van der Waals surface area (Å²) in [6.07, 6.45) is 5.48. The van der Waals surface area contributed by atoms with Crippen molar-refractivity contribution in [1.29, 1.82) is 0 Å². The number of aliphatic hydroxyl groups is 1. The zero-order valence-electron chi connectivity index (χ0n) is 13.1. The van der Waals surface area contributed by atoms with Crippen molar-refractivity contribution in [1.82, 2.24) is 5.32 Å². The normalized spacial score (nSPS) is 16.9. The summed E-state index contributed by atoms with van der Waals surface area (Å²) in [5.74, 6) is 2.23. The van der Waals surface area contributed by atoms with Crippen molar-refractivity contribution >= 4 is 0 Å². The Morgan fingerprint density at radius 3 is 2.71 bits per heavy atom. The Hall–Kier alpha value is -1.26. The molecule has 0 bridgehead atoms. The number of hydrogen-bond donors (Lipinski definition) is 2. The molecule has 1 aromatic carbocycles. The van der Waals surface area contributed by atoms with Crippen LogP contribution < -0.4 is 14.8 Å². The third-order valence-electron chi connectivity index (χ3n) is 4.22. The van der Waals surface area contributed by atoms with Gasteiger partial charge in [0.2, 0.25) is 0 Å². The molecule has 2 N–H and O–H groups in total. The van der Waals surface area contributed by atoms with E-state index in [2.05, 4.69) is 18.3 Å². The van der Waals surface area contributed by atoms with E-state index >= 15 is 0 Å². The predicted molar refractivity (Wildman–Crippen MR) is 84.0 cm³/mol. The Morgan fingerprint density at radius 2 is 2.05 bits per heavy atom. The third kappa shape index (κ3) is 4.61. The summed E-state index contributed by atoms with van der Waals surface area (Å²) < 4.78 is 10.8. The van der Waals surface area contributed by atoms with Crippen LogP contribution in [0.4, 0.5) is 0 Å². The number of rotatable bonds is 8. The van der Waals surface area contributed by atoms with E-state index in [0.717, 1.165) is 18.2 Å². The molecule has 1 aromatic rings. The second kappa shape index (κ2) is 8.25. The maximum Gasteiger partial charge on any atom is 0.161 e. The van der Waals surface area contributed by atoms with Gasteiger partial charge in [0, 0.05) is 6.04 Å². The van der Waals surface area contributed by atoms with Crippen LogP contribution in [0.25, 0.3) is 0 Å². The molecule has 1 aliphatic carbocycles. The van der Waals surface area contributed by atoms with E-state index in [1.165, 1.54) is 31.2 Å². The lowest BCUT2D eigenvalue weighted by Crippen LogP contribution is -2.24. The number of nitrogens with one attached hydrogen (secondary N) is 1. The highest BCUT2D eigenvalue weighted by Crippen LogP contribution is 2.31. The summed E-state index contributed by atoms with van der Waals surface area (Å²) in [6.45, 7) is 3.56. The topological polar surface area (TPSA) is 50.7 Å². The van der Waals surface area contributed by atoms with E-state index < -0.39 is 0 Å². The molecule has 21 heavy (non-hydrogen) atoms. The molecular formula is C17H27NO3. The van der Waals surface area contributed by atoms with Crippen molar-refractivity contribution in [3.8, 4) is 11.5 Å². The first-order chi connectivity index (χ1) is 10.2. The fraction of sp³-hybridized carbons (Fsp3) is 0.647. The Bertz CT molecular complexity index is 430. The molecular weight excluding hydrogens is 266 g/mol. The zero-order valence-corrected chi connectivity index (χ0v) is 13.1. The summed E-state index contributed by atoms with van der Waals surface area (Å²) in [4.78, 5) is 0. The van der Waals surface area contributed by atoms with Gasteiger partial charge in [-0.2, -0.15) is 0 Å². The minimum atomic E-state index is 0.00422. The SMILES string of the molecule is COc1cc(C(C)NCC2CCCC2)ccc1OCCO. The van der Waals surface area contributed by atoms with Crippen LogP contribution in [-0.4, -0.2) is 32.0 Å². The molecule has 0 aromatic heterocycles. The first kappa shape index (κ1) is 16.1. The lowest BCUT2D eigenvalue weighted by molar-refractivity contribution is 0.196. The largest absolute Gasteiger partial charge is 0.493 e. The van der Waals surface area contributed by atoms with Gasteiger partial charge in [-0.3, -0.25) is 0 Å². The minimum Gasteiger partial charge on any atom is -0.493 e. The van der Waals surface area contributed by atoms with Crippen LogP contribution in [0, 0.1) is 5.92 Å². The maximum absolute atomic E-state index is 8.83. The van der Waals surface area contributed by atoms with Crippen molar-refractivity contribution in [2.24, 2.45) is 5.92 Å². The number of aliphatic hydroxyl groups excluding tert-OH is 1. The van der Waals surface area contributed by atoms with Gasteiger partial charge in [0.1, 0.15) is 6.61 Å². The lowest BCUT2D eigenvalue weighted by Gasteiger charge is -2.19. The van der Waals surface area contributed by atoms with Crippen LogP contribution in [0.2, 0.25) is 0 Å². The van der Waals surface area contributed by atoms with Crippen molar-refractivity contribution in [3.05, 3.63) is 23.8 Å². The average Bonchev–Trinajstić information content (AvgIpc) is 3.03. The van der Waals surface area contributed by atoms with E-state index in [1.54, 1.807) is 7.11 Å². The zero-order chi connectivity index (χ0) is 15.1. The summed E-state index contributed by atoms with van der Waals surface area (Å²) in [6, 6.07) is 6.28. The van der Waals surface area contributed by atoms with Crippen LogP contribution in [0.5, 0.6) is 11.5 Å². The van der Waals surface area contributed by atoms with E-state index in [1.807, 2.05) is 12.1 Å². The summed E-state index contributed by atoms with van der Waals surface area (Å²) in [7, 11) is 1.64. The fourth-order valence-corrected chi connectivity index (χ4v) is 2.90. The quantitative estimate of drug-likeness (QED) is 0.774. The summed E-state index contributed by atoms with van der Waals surface area (Å²) >= 11 is 0. The van der Waals surface area contributed by atoms with Crippen LogP contribution >= 0.6 is 0 Å². The van der Waals surface area contributed by atoms with E-state index in [4.69, 9.17) is 14.6 Å². The summed E-state index contributed by atoms with van der Waals surface area (Å²) in [5.41, 5.74) is 1.20. The minimum absolute atomic E-state index is 0.00422. The molecule has 0 saturated heterocycles.